The number of esters is 1. The molecule has 3 N–H and O–H groups in total. The highest BCUT2D eigenvalue weighted by Crippen LogP contribution is 2.37. The fourth-order valence-corrected chi connectivity index (χ4v) is 5.94. The van der Waals surface area contributed by atoms with Gasteiger partial charge in [0.25, 0.3) is 0 Å². The van der Waals surface area contributed by atoms with Crippen molar-refractivity contribution in [1.29, 1.82) is 0 Å². The Morgan fingerprint density at radius 2 is 1.62 bits per heavy atom. The van der Waals surface area contributed by atoms with Gasteiger partial charge in [-0.15, -0.1) is 0 Å². The predicted octanol–water partition coefficient (Wildman–Crippen LogP) is 4.20. The van der Waals surface area contributed by atoms with Gasteiger partial charge in [0, 0.05) is 12.6 Å². The molecule has 0 radical (unpaired) electrons. The summed E-state index contributed by atoms with van der Waals surface area (Å²) in [6, 6.07) is 21.6. The number of rotatable bonds is 11. The topological polar surface area (TPSA) is 154 Å². The molecule has 0 aliphatic carbocycles. The smallest absolute Gasteiger partial charge is 0.467 e. The first-order chi connectivity index (χ1) is 21.6. The Labute approximate surface area is 265 Å². The van der Waals surface area contributed by atoms with Crippen LogP contribution in [-0.4, -0.2) is 58.9 Å². The molecule has 2 unspecified atom stereocenters. The summed E-state index contributed by atoms with van der Waals surface area (Å²) in [5, 5.41) is 1.55. The number of nitrogens with zero attached hydrogens (tertiary/aromatic N) is 1. The van der Waals surface area contributed by atoms with Gasteiger partial charge in [-0.3, -0.25) is 14.4 Å². The van der Waals surface area contributed by atoms with Gasteiger partial charge in [0.15, 0.2) is 5.12 Å². The third-order valence-corrected chi connectivity index (χ3v) is 8.22. The predicted molar refractivity (Wildman–Crippen MR) is 168 cm³/mol. The fourth-order valence-electron chi connectivity index (χ4n) is 5.08. The lowest BCUT2D eigenvalue weighted by Gasteiger charge is -2.29. The summed E-state index contributed by atoms with van der Waals surface area (Å²) in [5.74, 6) is -1.24. The molecular formula is C33H35N3O8S. The highest BCUT2D eigenvalue weighted by atomic mass is 32.2. The number of nitrogens with two attached hydrogens (primary N) is 1. The number of hydrogen-bond acceptors (Lipinski definition) is 10. The number of nitrogen functional groups attached to an aromatic ring is 1. The first-order valence-electron chi connectivity index (χ1n) is 14.3. The molecule has 236 valence electrons. The van der Waals surface area contributed by atoms with Crippen LogP contribution in [-0.2, 0) is 41.7 Å². The fraction of sp³-hybridized carbons (Fsp3) is 0.303. The van der Waals surface area contributed by atoms with Crippen molar-refractivity contribution in [3.63, 3.8) is 0 Å². The van der Waals surface area contributed by atoms with Crippen LogP contribution in [0.15, 0.2) is 78.9 Å². The number of thioether (sulfide) groups is 1. The summed E-state index contributed by atoms with van der Waals surface area (Å²) >= 11 is 0.846. The molecule has 0 spiro atoms. The summed E-state index contributed by atoms with van der Waals surface area (Å²) in [6.45, 7) is 1.06. The van der Waals surface area contributed by atoms with Gasteiger partial charge >= 0.3 is 12.1 Å². The van der Waals surface area contributed by atoms with E-state index >= 15 is 0 Å². The van der Waals surface area contributed by atoms with Gasteiger partial charge in [-0.1, -0.05) is 66.4 Å². The molecular weight excluding hydrogens is 598 g/mol. The van der Waals surface area contributed by atoms with Gasteiger partial charge in [0.2, 0.25) is 11.8 Å². The zero-order valence-corrected chi connectivity index (χ0v) is 25.8. The van der Waals surface area contributed by atoms with E-state index in [9.17, 15) is 24.0 Å². The Balaban J connectivity index is 1.36. The Morgan fingerprint density at radius 1 is 0.933 bits per heavy atom. The van der Waals surface area contributed by atoms with Gasteiger partial charge in [0.1, 0.15) is 18.4 Å². The van der Waals surface area contributed by atoms with Gasteiger partial charge in [-0.25, -0.2) is 9.59 Å². The summed E-state index contributed by atoms with van der Waals surface area (Å²) < 4.78 is 15.3. The summed E-state index contributed by atoms with van der Waals surface area (Å²) in [6.07, 6.45) is 0.267. The van der Waals surface area contributed by atoms with E-state index in [1.165, 1.54) is 18.9 Å². The molecule has 1 saturated heterocycles. The minimum Gasteiger partial charge on any atom is -0.467 e. The number of anilines is 1. The van der Waals surface area contributed by atoms with Crippen LogP contribution in [0.2, 0.25) is 0 Å². The Hall–Kier alpha value is -4.84. The van der Waals surface area contributed by atoms with Gasteiger partial charge < -0.3 is 30.2 Å². The Bertz CT molecular complexity index is 1500. The average Bonchev–Trinajstić information content (AvgIpc) is 3.49. The first kappa shape index (κ1) is 33.1. The van der Waals surface area contributed by atoms with Gasteiger partial charge in [0.05, 0.1) is 24.9 Å². The molecule has 3 atom stereocenters. The van der Waals surface area contributed by atoms with Crippen LogP contribution in [0.5, 0.6) is 5.75 Å². The van der Waals surface area contributed by atoms with E-state index in [-0.39, 0.29) is 30.4 Å². The quantitative estimate of drug-likeness (QED) is 0.178. The van der Waals surface area contributed by atoms with Crippen LogP contribution in [0.25, 0.3) is 0 Å². The second-order valence-electron chi connectivity index (χ2n) is 10.4. The van der Waals surface area contributed by atoms with Crippen LogP contribution in [0.1, 0.15) is 42.5 Å². The second-order valence-corrected chi connectivity index (χ2v) is 11.8. The maximum absolute atomic E-state index is 13.4. The van der Waals surface area contributed by atoms with Crippen LogP contribution >= 0.6 is 11.8 Å². The van der Waals surface area contributed by atoms with Crippen molar-refractivity contribution in [3.05, 3.63) is 95.6 Å². The standard InChI is InChI=1S/C33H35N3O8S/c1-21(37)45-29(18-22-8-14-26(15-9-22)44-33(41)43-20-23-6-4-3-5-7-23)31(39)35-19-30(38)36-27(16-17-28(36)32(40)42-2)24-10-12-25(34)13-11-24/h3-15,27-29H,16-20,34H2,1-2H3,(H,35,39)/t27?,28-,29?/m0/s1. The zero-order chi connectivity index (χ0) is 32.3. The van der Waals surface area contributed by atoms with E-state index in [4.69, 9.17) is 19.9 Å². The summed E-state index contributed by atoms with van der Waals surface area (Å²) in [5.41, 5.74) is 8.73. The minimum absolute atomic E-state index is 0.0719. The van der Waals surface area contributed by atoms with E-state index in [0.717, 1.165) is 22.9 Å². The van der Waals surface area contributed by atoms with Crippen molar-refractivity contribution in [2.24, 2.45) is 0 Å². The maximum atomic E-state index is 13.4. The third-order valence-electron chi connectivity index (χ3n) is 7.23. The minimum atomic E-state index is -0.855. The number of likely N-dealkylation sites (tertiary alicyclic amines) is 1. The van der Waals surface area contributed by atoms with Gasteiger partial charge in [-0.2, -0.15) is 0 Å². The number of ether oxygens (including phenoxy) is 3. The molecule has 1 fully saturated rings. The van der Waals surface area contributed by atoms with Crippen molar-refractivity contribution >= 4 is 46.5 Å². The van der Waals surface area contributed by atoms with Crippen molar-refractivity contribution < 1.29 is 38.2 Å². The summed E-state index contributed by atoms with van der Waals surface area (Å²) in [7, 11) is 1.27. The van der Waals surface area contributed by atoms with E-state index in [0.29, 0.717) is 24.1 Å². The number of carbonyl (C=O) groups is 5. The molecule has 1 aliphatic rings. The largest absolute Gasteiger partial charge is 0.514 e. The van der Waals surface area contributed by atoms with E-state index in [1.54, 1.807) is 36.4 Å². The normalized spacial score (nSPS) is 16.4. The lowest BCUT2D eigenvalue weighted by Crippen LogP contribution is -2.48. The van der Waals surface area contributed by atoms with Crippen LogP contribution < -0.4 is 15.8 Å². The van der Waals surface area contributed by atoms with Crippen LogP contribution in [0.3, 0.4) is 0 Å². The number of amides is 2. The zero-order valence-electron chi connectivity index (χ0n) is 25.0. The van der Waals surface area contributed by atoms with Crippen molar-refractivity contribution in [3.8, 4) is 5.75 Å². The molecule has 1 heterocycles. The van der Waals surface area contributed by atoms with Crippen LogP contribution in [0.4, 0.5) is 10.5 Å². The average molecular weight is 634 g/mol. The molecule has 0 aromatic heterocycles. The number of methoxy groups -OCH3 is 1. The molecule has 4 rings (SSSR count). The molecule has 2 amide bonds. The summed E-state index contributed by atoms with van der Waals surface area (Å²) in [4.78, 5) is 64.7. The molecule has 1 aliphatic heterocycles. The first-order valence-corrected chi connectivity index (χ1v) is 15.2. The van der Waals surface area contributed by atoms with Crippen LogP contribution in [0, 0.1) is 0 Å². The number of carbonyl (C=O) groups excluding carboxylic acids is 5. The van der Waals surface area contributed by atoms with Crippen molar-refractivity contribution in [2.75, 3.05) is 19.4 Å². The molecule has 45 heavy (non-hydrogen) atoms. The highest BCUT2D eigenvalue weighted by Gasteiger charge is 2.42. The third kappa shape index (κ3) is 9.32. The van der Waals surface area contributed by atoms with Crippen molar-refractivity contribution in [1.82, 2.24) is 10.2 Å². The second kappa shape index (κ2) is 15.8. The Morgan fingerprint density at radius 3 is 2.27 bits per heavy atom. The van der Waals surface area contributed by atoms with E-state index in [1.807, 2.05) is 42.5 Å². The van der Waals surface area contributed by atoms with E-state index in [2.05, 4.69) is 5.32 Å². The molecule has 0 bridgehead atoms. The lowest BCUT2D eigenvalue weighted by atomic mass is 10.0. The number of benzene rings is 3. The van der Waals surface area contributed by atoms with Gasteiger partial charge in [-0.05, 0) is 60.2 Å². The molecule has 0 saturated carbocycles. The van der Waals surface area contributed by atoms with Crippen molar-refractivity contribution in [2.45, 2.75) is 50.1 Å². The monoisotopic (exact) mass is 633 g/mol. The molecule has 11 nitrogen and oxygen atoms in total. The molecule has 12 heteroatoms. The maximum Gasteiger partial charge on any atom is 0.514 e. The number of nitrogens with one attached hydrogen (secondary N) is 1. The molecule has 3 aromatic rings. The Kier molecular flexibility index (Phi) is 11.6. The number of hydrogen-bond donors (Lipinski definition) is 2. The lowest BCUT2D eigenvalue weighted by molar-refractivity contribution is -0.152. The molecule has 3 aromatic carbocycles. The van der Waals surface area contributed by atoms with E-state index < -0.39 is 41.3 Å². The highest BCUT2D eigenvalue weighted by molar-refractivity contribution is 8.14. The SMILES string of the molecule is COC(=O)[C@@H]1CCC(c2ccc(N)cc2)N1C(=O)CNC(=O)C(Cc1ccc(OC(=O)OCc2ccccc2)cc1)SC(C)=O.